The standard InChI is InChI=1S/C21H23NO/c1-3-8-17(9-4-1)16-23-21-13-7-12-20-19(21)14-15-22(20)18-10-5-2-6-11-18/h1,3-4,7-9,12-15,18H,2,5-6,10-11,16H2. The molecule has 0 spiro atoms. The Hall–Kier alpha value is -2.22. The van der Waals surface area contributed by atoms with E-state index in [-0.39, 0.29) is 0 Å². The molecule has 0 amide bonds. The van der Waals surface area contributed by atoms with Gasteiger partial charge in [-0.1, -0.05) is 55.7 Å². The molecule has 118 valence electrons. The van der Waals surface area contributed by atoms with Gasteiger partial charge in [-0.3, -0.25) is 0 Å². The van der Waals surface area contributed by atoms with E-state index in [2.05, 4.69) is 59.3 Å². The third-order valence-electron chi connectivity index (χ3n) is 4.93. The number of aromatic nitrogens is 1. The molecule has 1 saturated carbocycles. The first-order valence-corrected chi connectivity index (χ1v) is 8.68. The van der Waals surface area contributed by atoms with Gasteiger partial charge >= 0.3 is 0 Å². The van der Waals surface area contributed by atoms with Gasteiger partial charge in [0, 0.05) is 17.6 Å². The Morgan fingerprint density at radius 3 is 2.52 bits per heavy atom. The summed E-state index contributed by atoms with van der Waals surface area (Å²) in [6.45, 7) is 0.620. The molecular weight excluding hydrogens is 282 g/mol. The summed E-state index contributed by atoms with van der Waals surface area (Å²) < 4.78 is 8.55. The van der Waals surface area contributed by atoms with Crippen LogP contribution in [0.1, 0.15) is 43.7 Å². The van der Waals surface area contributed by atoms with Crippen LogP contribution in [0.4, 0.5) is 0 Å². The second-order valence-corrected chi connectivity index (χ2v) is 6.48. The van der Waals surface area contributed by atoms with Gasteiger partial charge in [0.1, 0.15) is 12.4 Å². The van der Waals surface area contributed by atoms with E-state index in [0.29, 0.717) is 12.6 Å². The molecule has 0 bridgehead atoms. The molecule has 1 aliphatic rings. The zero-order chi connectivity index (χ0) is 15.5. The summed E-state index contributed by atoms with van der Waals surface area (Å²) in [6.07, 6.45) is 8.96. The van der Waals surface area contributed by atoms with Gasteiger partial charge in [-0.05, 0) is 36.6 Å². The van der Waals surface area contributed by atoms with E-state index in [0.717, 1.165) is 5.75 Å². The van der Waals surface area contributed by atoms with Crippen molar-refractivity contribution >= 4 is 10.9 Å². The summed E-state index contributed by atoms with van der Waals surface area (Å²) in [5.41, 5.74) is 2.51. The van der Waals surface area contributed by atoms with Crippen LogP contribution in [0.2, 0.25) is 0 Å². The summed E-state index contributed by atoms with van der Waals surface area (Å²) in [7, 11) is 0. The second kappa shape index (κ2) is 6.49. The zero-order valence-electron chi connectivity index (χ0n) is 13.4. The molecule has 2 heteroatoms. The maximum Gasteiger partial charge on any atom is 0.129 e. The summed E-state index contributed by atoms with van der Waals surface area (Å²) in [5.74, 6) is 0.987. The van der Waals surface area contributed by atoms with Crippen LogP contribution in [-0.4, -0.2) is 4.57 Å². The molecule has 0 aliphatic heterocycles. The fourth-order valence-corrected chi connectivity index (χ4v) is 3.70. The van der Waals surface area contributed by atoms with E-state index < -0.39 is 0 Å². The van der Waals surface area contributed by atoms with E-state index in [1.165, 1.54) is 48.6 Å². The molecule has 1 fully saturated rings. The Labute approximate surface area is 137 Å². The summed E-state index contributed by atoms with van der Waals surface area (Å²) in [5, 5.41) is 1.23. The molecule has 1 aromatic heterocycles. The van der Waals surface area contributed by atoms with Crippen molar-refractivity contribution < 1.29 is 4.74 Å². The van der Waals surface area contributed by atoms with Gasteiger partial charge in [-0.15, -0.1) is 0 Å². The number of fused-ring (bicyclic) bond motifs is 1. The minimum atomic E-state index is 0.620. The van der Waals surface area contributed by atoms with Crippen molar-refractivity contribution in [3.05, 3.63) is 66.4 Å². The first kappa shape index (κ1) is 14.4. The van der Waals surface area contributed by atoms with Gasteiger partial charge < -0.3 is 9.30 Å². The molecule has 23 heavy (non-hydrogen) atoms. The van der Waals surface area contributed by atoms with Gasteiger partial charge in [0.05, 0.1) is 5.52 Å². The molecule has 3 aromatic rings. The highest BCUT2D eigenvalue weighted by Crippen LogP contribution is 2.34. The lowest BCUT2D eigenvalue weighted by Crippen LogP contribution is -2.11. The van der Waals surface area contributed by atoms with Gasteiger partial charge in [-0.25, -0.2) is 0 Å². The highest BCUT2D eigenvalue weighted by molar-refractivity contribution is 5.86. The molecule has 1 heterocycles. The van der Waals surface area contributed by atoms with Gasteiger partial charge in [0.15, 0.2) is 0 Å². The van der Waals surface area contributed by atoms with Gasteiger partial charge in [-0.2, -0.15) is 0 Å². The van der Waals surface area contributed by atoms with Crippen molar-refractivity contribution in [3.63, 3.8) is 0 Å². The molecule has 0 N–H and O–H groups in total. The van der Waals surface area contributed by atoms with E-state index in [4.69, 9.17) is 4.74 Å². The maximum atomic E-state index is 6.09. The SMILES string of the molecule is c1ccc(COc2cccc3c2ccn3C2CCCCC2)cc1. The van der Waals surface area contributed by atoms with E-state index >= 15 is 0 Å². The largest absolute Gasteiger partial charge is 0.488 e. The first-order valence-electron chi connectivity index (χ1n) is 8.68. The van der Waals surface area contributed by atoms with Crippen molar-refractivity contribution in [2.75, 3.05) is 0 Å². The Balaban J connectivity index is 1.59. The monoisotopic (exact) mass is 305 g/mol. The fraction of sp³-hybridized carbons (Fsp3) is 0.333. The Morgan fingerprint density at radius 1 is 0.870 bits per heavy atom. The number of hydrogen-bond acceptors (Lipinski definition) is 1. The lowest BCUT2D eigenvalue weighted by molar-refractivity contribution is 0.310. The van der Waals surface area contributed by atoms with Crippen molar-refractivity contribution in [1.29, 1.82) is 0 Å². The molecule has 0 atom stereocenters. The van der Waals surface area contributed by atoms with Crippen LogP contribution >= 0.6 is 0 Å². The molecule has 0 unspecified atom stereocenters. The quantitative estimate of drug-likeness (QED) is 0.601. The lowest BCUT2D eigenvalue weighted by atomic mass is 9.95. The summed E-state index contributed by atoms with van der Waals surface area (Å²) in [4.78, 5) is 0. The molecule has 0 radical (unpaired) electrons. The van der Waals surface area contributed by atoms with Crippen LogP contribution in [-0.2, 0) is 6.61 Å². The third kappa shape index (κ3) is 2.98. The second-order valence-electron chi connectivity index (χ2n) is 6.48. The number of hydrogen-bond donors (Lipinski definition) is 0. The lowest BCUT2D eigenvalue weighted by Gasteiger charge is -2.24. The summed E-state index contributed by atoms with van der Waals surface area (Å²) >= 11 is 0. The zero-order valence-corrected chi connectivity index (χ0v) is 13.4. The minimum Gasteiger partial charge on any atom is -0.488 e. The third-order valence-corrected chi connectivity index (χ3v) is 4.93. The maximum absolute atomic E-state index is 6.09. The van der Waals surface area contributed by atoms with Crippen LogP contribution in [0.25, 0.3) is 10.9 Å². The van der Waals surface area contributed by atoms with Crippen LogP contribution < -0.4 is 4.74 Å². The smallest absolute Gasteiger partial charge is 0.129 e. The normalized spacial score (nSPS) is 15.8. The van der Waals surface area contributed by atoms with Crippen LogP contribution in [0, 0.1) is 0 Å². The number of ether oxygens (including phenoxy) is 1. The molecule has 1 aliphatic carbocycles. The van der Waals surface area contributed by atoms with Gasteiger partial charge in [0.2, 0.25) is 0 Å². The molecule has 2 aromatic carbocycles. The molecule has 2 nitrogen and oxygen atoms in total. The van der Waals surface area contributed by atoms with E-state index in [1.807, 2.05) is 6.07 Å². The Kier molecular flexibility index (Phi) is 4.06. The van der Waals surface area contributed by atoms with Crippen LogP contribution in [0.5, 0.6) is 5.75 Å². The minimum absolute atomic E-state index is 0.620. The molecule has 4 rings (SSSR count). The topological polar surface area (TPSA) is 14.2 Å². The first-order chi connectivity index (χ1) is 11.4. The number of nitrogens with zero attached hydrogens (tertiary/aromatic N) is 1. The van der Waals surface area contributed by atoms with Crippen molar-refractivity contribution in [2.24, 2.45) is 0 Å². The predicted molar refractivity (Wildman–Crippen MR) is 94.8 cm³/mol. The van der Waals surface area contributed by atoms with Crippen LogP contribution in [0.3, 0.4) is 0 Å². The fourth-order valence-electron chi connectivity index (χ4n) is 3.70. The average molecular weight is 305 g/mol. The molecular formula is C21H23NO. The Morgan fingerprint density at radius 2 is 1.70 bits per heavy atom. The Bertz CT molecular complexity index is 769. The van der Waals surface area contributed by atoms with Gasteiger partial charge in [0.25, 0.3) is 0 Å². The van der Waals surface area contributed by atoms with Crippen LogP contribution in [0.15, 0.2) is 60.8 Å². The predicted octanol–water partition coefficient (Wildman–Crippen LogP) is 5.73. The van der Waals surface area contributed by atoms with E-state index in [1.54, 1.807) is 0 Å². The summed E-state index contributed by atoms with van der Waals surface area (Å²) in [6, 6.07) is 19.6. The average Bonchev–Trinajstić information content (AvgIpc) is 3.06. The number of rotatable bonds is 4. The van der Waals surface area contributed by atoms with Crippen molar-refractivity contribution in [3.8, 4) is 5.75 Å². The van der Waals surface area contributed by atoms with Crippen molar-refractivity contribution in [1.82, 2.24) is 4.57 Å². The van der Waals surface area contributed by atoms with E-state index in [9.17, 15) is 0 Å². The highest BCUT2D eigenvalue weighted by Gasteiger charge is 2.17. The highest BCUT2D eigenvalue weighted by atomic mass is 16.5. The molecule has 0 saturated heterocycles. The number of benzene rings is 2. The van der Waals surface area contributed by atoms with Crippen molar-refractivity contribution in [2.45, 2.75) is 44.8 Å².